The molecule has 1 aliphatic heterocycles. The molecule has 0 amide bonds. The Morgan fingerprint density at radius 1 is 0.475 bits per heavy atom. The summed E-state index contributed by atoms with van der Waals surface area (Å²) in [6.45, 7) is 1.26. The van der Waals surface area contributed by atoms with Gasteiger partial charge in [0.05, 0.1) is 55.6 Å². The maximum Gasteiger partial charge on any atom is 0.137 e. The van der Waals surface area contributed by atoms with Crippen LogP contribution in [0.15, 0.2) is 231 Å². The van der Waals surface area contributed by atoms with E-state index in [-0.39, 0.29) is 36.3 Å². The van der Waals surface area contributed by atoms with Crippen molar-refractivity contribution >= 4 is 110 Å². The van der Waals surface area contributed by atoms with Crippen molar-refractivity contribution in [1.29, 1.82) is 0 Å². The second-order valence-electron chi connectivity index (χ2n) is 21.8. The zero-order chi connectivity index (χ0) is 62.0. The van der Waals surface area contributed by atoms with Crippen LogP contribution < -0.4 is 14.5 Å². The molecule has 0 saturated heterocycles. The number of hydrogen-bond donors (Lipinski definition) is 0. The number of hydrogen-bond acceptors (Lipinski definition) is 4. The minimum Gasteiger partial charge on any atom is -0.457 e. The van der Waals surface area contributed by atoms with Crippen LogP contribution in [0.25, 0.3) is 110 Å². The largest absolute Gasteiger partial charge is 0.457 e. The molecular formula is C72H55N7O. The van der Waals surface area contributed by atoms with E-state index in [1.54, 1.807) is 0 Å². The third kappa shape index (κ3) is 6.72. The highest BCUT2D eigenvalue weighted by atomic mass is 16.5. The van der Waals surface area contributed by atoms with Gasteiger partial charge in [-0.3, -0.25) is 4.57 Å². The third-order valence-electron chi connectivity index (χ3n) is 16.3. The normalized spacial score (nSPS) is 15.1. The number of aromatic nitrogens is 5. The van der Waals surface area contributed by atoms with Crippen LogP contribution in [0.3, 0.4) is 0 Å². The molecule has 384 valence electrons. The molecule has 0 bridgehead atoms. The molecule has 0 atom stereocenters. The number of pyridine rings is 1. The van der Waals surface area contributed by atoms with Crippen molar-refractivity contribution in [2.24, 2.45) is 14.0 Å². The van der Waals surface area contributed by atoms with Crippen molar-refractivity contribution in [3.63, 3.8) is 0 Å². The van der Waals surface area contributed by atoms with Gasteiger partial charge >= 0.3 is 0 Å². The molecule has 0 fully saturated rings. The van der Waals surface area contributed by atoms with Crippen molar-refractivity contribution < 1.29 is 18.4 Å². The van der Waals surface area contributed by atoms with E-state index in [0.717, 1.165) is 82.9 Å². The van der Waals surface area contributed by atoms with Gasteiger partial charge in [0, 0.05) is 112 Å². The fourth-order valence-electron chi connectivity index (χ4n) is 12.7. The van der Waals surface area contributed by atoms with Gasteiger partial charge < -0.3 is 28.2 Å². The maximum absolute atomic E-state index is 9.30. The first kappa shape index (κ1) is 36.9. The molecule has 0 spiro atoms. The molecular weight excluding hydrogens is 979 g/mol. The average molecular weight is 1040 g/mol. The summed E-state index contributed by atoms with van der Waals surface area (Å²) >= 11 is 0. The number of rotatable bonds is 7. The van der Waals surface area contributed by atoms with Gasteiger partial charge in [-0.15, -0.1) is 0 Å². The molecule has 6 heterocycles. The highest BCUT2D eigenvalue weighted by molar-refractivity contribution is 6.33. The monoisotopic (exact) mass is 1040 g/mol. The molecule has 0 N–H and O–H groups in total. The molecule has 10 aromatic carbocycles. The molecule has 16 rings (SSSR count). The van der Waals surface area contributed by atoms with Crippen molar-refractivity contribution in [1.82, 2.24) is 23.3 Å². The van der Waals surface area contributed by atoms with Gasteiger partial charge in [0.25, 0.3) is 0 Å². The van der Waals surface area contributed by atoms with Crippen LogP contribution >= 0.6 is 0 Å². The predicted molar refractivity (Wildman–Crippen MR) is 334 cm³/mol. The molecule has 0 radical (unpaired) electrons. The van der Waals surface area contributed by atoms with E-state index in [1.165, 1.54) is 9.13 Å². The molecule has 8 nitrogen and oxygen atoms in total. The van der Waals surface area contributed by atoms with E-state index in [0.29, 0.717) is 66.7 Å². The first-order chi connectivity index (χ1) is 43.3. The highest BCUT2D eigenvalue weighted by Crippen LogP contribution is 2.54. The number of nitrogens with zero attached hydrogens (tertiary/aromatic N) is 7. The number of para-hydroxylation sites is 6. The zero-order valence-corrected chi connectivity index (χ0v) is 43.9. The molecule has 1 aliphatic rings. The second-order valence-corrected chi connectivity index (χ2v) is 21.8. The molecule has 80 heavy (non-hydrogen) atoms. The SMILES string of the molecule is [2H]c1c([2H])c([2H])c2c(c1[2H])c1ccccc1n2-c1ccc2c(c1)c1ccc(Oc3cccc(N4CN(c5c6c(c(-c7ccccc7)c7c8ccccc8n(C([2H])([2H])[2H])c57)c5ccccc5n6C([2H])([2H])[2H])c5ccccc54)c3)cc1n2-c1cc(C(C)(C)C)ccn1. The van der Waals surface area contributed by atoms with Gasteiger partial charge in [-0.1, -0.05) is 142 Å². The fourth-order valence-corrected chi connectivity index (χ4v) is 12.7. The Kier molecular flexibility index (Phi) is 7.94. The van der Waals surface area contributed by atoms with Crippen molar-refractivity contribution in [3.05, 3.63) is 236 Å². The first-order valence-electron chi connectivity index (χ1n) is 31.8. The van der Waals surface area contributed by atoms with Crippen LogP contribution in [0, 0.1) is 0 Å². The number of anilines is 4. The quantitative estimate of drug-likeness (QED) is 0.160. The molecule has 0 unspecified atom stereocenters. The lowest BCUT2D eigenvalue weighted by Crippen LogP contribution is -2.25. The van der Waals surface area contributed by atoms with Gasteiger partial charge in [0.2, 0.25) is 0 Å². The number of fused-ring (bicyclic) bond motifs is 13. The van der Waals surface area contributed by atoms with E-state index in [4.69, 9.17) is 13.8 Å². The van der Waals surface area contributed by atoms with Crippen molar-refractivity contribution in [2.45, 2.75) is 26.2 Å². The van der Waals surface area contributed by atoms with Crippen LogP contribution in [0.4, 0.5) is 22.7 Å². The van der Waals surface area contributed by atoms with Crippen LogP contribution in [0.2, 0.25) is 0 Å². The van der Waals surface area contributed by atoms with Crippen LogP contribution in [-0.2, 0) is 19.4 Å². The van der Waals surface area contributed by atoms with Crippen LogP contribution in [0.5, 0.6) is 11.5 Å². The Morgan fingerprint density at radius 3 is 1.85 bits per heavy atom. The molecule has 0 aliphatic carbocycles. The summed E-state index contributed by atoms with van der Waals surface area (Å²) in [6, 6.07) is 63.8. The molecule has 15 aromatic rings. The fraction of sp³-hybridized carbons (Fsp3) is 0.0972. The third-order valence-corrected chi connectivity index (χ3v) is 16.3. The smallest absolute Gasteiger partial charge is 0.137 e. The van der Waals surface area contributed by atoms with Gasteiger partial charge in [0.1, 0.15) is 24.0 Å². The summed E-state index contributed by atoms with van der Waals surface area (Å²) in [5.41, 5.74) is 10.6. The summed E-state index contributed by atoms with van der Waals surface area (Å²) in [5, 5.41) is 5.84. The first-order valence-corrected chi connectivity index (χ1v) is 26.8. The van der Waals surface area contributed by atoms with Gasteiger partial charge in [-0.05, 0) is 108 Å². The minimum atomic E-state index is -2.71. The Hall–Kier alpha value is -10.1. The average Bonchev–Trinajstić information content (AvgIpc) is 1.51. The number of ether oxygens (including phenoxy) is 1. The van der Waals surface area contributed by atoms with Crippen molar-refractivity contribution in [3.8, 4) is 34.1 Å². The zero-order valence-electron chi connectivity index (χ0n) is 53.9. The Balaban J connectivity index is 0.860. The highest BCUT2D eigenvalue weighted by Gasteiger charge is 2.35. The standard InChI is InChI=1S/C72H55N7O/c1-72(2,3)46-38-39-73-65(40-46)79-61-37-34-48(78-59-30-15-9-24-51(59)52-25-10-16-31-60(52)78)42-56(61)53-36-35-50(43-64(53)79)80-49-23-19-22-47(41-49)76-44-77(63-33-18-17-32-62(63)76)71-69-67(54-26-11-13-28-57(54)74(69)4)66(45-20-7-6-8-21-45)68-55-27-12-14-29-58(55)75(5)70(68)71/h6-43H,44H2,1-5H3/i4D3,5D3,9D,15D,24D,30D. The topological polar surface area (TPSA) is 48.3 Å². The minimum absolute atomic E-state index is 0.0867. The number of aryl methyl sites for hydroxylation is 2. The number of benzene rings is 10. The predicted octanol–water partition coefficient (Wildman–Crippen LogP) is 18.6. The Morgan fingerprint density at radius 2 is 1.11 bits per heavy atom. The summed E-state index contributed by atoms with van der Waals surface area (Å²) < 4.78 is 105. The van der Waals surface area contributed by atoms with Gasteiger partial charge in [-0.25, -0.2) is 4.98 Å². The van der Waals surface area contributed by atoms with E-state index in [9.17, 15) is 9.60 Å². The second kappa shape index (κ2) is 17.2. The Bertz CT molecular complexity index is 5430. The lowest BCUT2D eigenvalue weighted by atomic mass is 9.88. The Labute approximate surface area is 476 Å². The maximum atomic E-state index is 9.30. The summed E-state index contributed by atoms with van der Waals surface area (Å²) in [6.07, 6.45) is 1.84. The molecule has 8 heteroatoms. The summed E-state index contributed by atoms with van der Waals surface area (Å²) in [5.74, 6) is 1.80. The van der Waals surface area contributed by atoms with E-state index in [2.05, 4.69) is 47.3 Å². The summed E-state index contributed by atoms with van der Waals surface area (Å²) in [4.78, 5) is 9.19. The summed E-state index contributed by atoms with van der Waals surface area (Å²) in [7, 11) is 0. The van der Waals surface area contributed by atoms with Crippen molar-refractivity contribution in [2.75, 3.05) is 16.5 Å². The van der Waals surface area contributed by atoms with Gasteiger partial charge in [0.15, 0.2) is 0 Å². The van der Waals surface area contributed by atoms with Gasteiger partial charge in [-0.2, -0.15) is 0 Å². The lowest BCUT2D eigenvalue weighted by Gasteiger charge is -2.26. The molecule has 0 saturated carbocycles. The van der Waals surface area contributed by atoms with Crippen LogP contribution in [0.1, 0.15) is 40.0 Å². The van der Waals surface area contributed by atoms with E-state index in [1.807, 2.05) is 199 Å². The van der Waals surface area contributed by atoms with Crippen LogP contribution in [-0.4, -0.2) is 29.9 Å². The lowest BCUT2D eigenvalue weighted by molar-refractivity contribution is 0.483. The molecule has 5 aromatic heterocycles. The van der Waals surface area contributed by atoms with E-state index >= 15 is 0 Å². The van der Waals surface area contributed by atoms with E-state index < -0.39 is 14.0 Å².